The molecule has 0 aliphatic rings. The van der Waals surface area contributed by atoms with E-state index in [9.17, 15) is 4.79 Å². The highest BCUT2D eigenvalue weighted by molar-refractivity contribution is 7.99. The molecule has 0 saturated carbocycles. The van der Waals surface area contributed by atoms with E-state index in [0.717, 1.165) is 16.5 Å². The van der Waals surface area contributed by atoms with Crippen molar-refractivity contribution in [3.63, 3.8) is 0 Å². The minimum absolute atomic E-state index is 0.00476. The fourth-order valence-corrected chi connectivity index (χ4v) is 2.84. The van der Waals surface area contributed by atoms with Gasteiger partial charge in [0, 0.05) is 24.0 Å². The Balaban J connectivity index is 1.89. The summed E-state index contributed by atoms with van der Waals surface area (Å²) in [5.41, 5.74) is 2.05. The minimum Gasteiger partial charge on any atom is -0.481 e. The van der Waals surface area contributed by atoms with E-state index in [1.54, 1.807) is 12.4 Å². The van der Waals surface area contributed by atoms with E-state index in [2.05, 4.69) is 9.97 Å². The number of carbonyl (C=O) groups is 1. The molecule has 0 unspecified atom stereocenters. The number of aliphatic carboxylic acids is 1. The first kappa shape index (κ1) is 13.6. The second kappa shape index (κ2) is 5.97. The van der Waals surface area contributed by atoms with Gasteiger partial charge in [-0.3, -0.25) is 9.78 Å². The summed E-state index contributed by atoms with van der Waals surface area (Å²) in [6, 6.07) is 10.00. The molecule has 0 radical (unpaired) electrons. The zero-order valence-electron chi connectivity index (χ0n) is 11.1. The minimum atomic E-state index is -0.846. The number of para-hydroxylation sites is 1. The summed E-state index contributed by atoms with van der Waals surface area (Å²) in [7, 11) is 0. The van der Waals surface area contributed by atoms with Crippen LogP contribution < -0.4 is 0 Å². The smallest absolute Gasteiger partial charge is 0.313 e. The first-order valence-electron chi connectivity index (χ1n) is 6.42. The van der Waals surface area contributed by atoms with Gasteiger partial charge in [0.25, 0.3) is 0 Å². The van der Waals surface area contributed by atoms with Gasteiger partial charge in [0.1, 0.15) is 0 Å². The van der Waals surface area contributed by atoms with E-state index in [4.69, 9.17) is 5.11 Å². The largest absolute Gasteiger partial charge is 0.481 e. The van der Waals surface area contributed by atoms with Crippen LogP contribution in [0.5, 0.6) is 0 Å². The molecule has 1 N–H and O–H groups in total. The van der Waals surface area contributed by atoms with Crippen molar-refractivity contribution < 1.29 is 9.90 Å². The predicted octanol–water partition coefficient (Wildman–Crippen LogP) is 2.66. The number of aromatic nitrogens is 3. The molecule has 0 aliphatic carbocycles. The Morgan fingerprint density at radius 3 is 2.90 bits per heavy atom. The van der Waals surface area contributed by atoms with Gasteiger partial charge < -0.3 is 9.67 Å². The molecule has 0 fully saturated rings. The van der Waals surface area contributed by atoms with Crippen LogP contribution in [0.4, 0.5) is 0 Å². The third kappa shape index (κ3) is 3.05. The van der Waals surface area contributed by atoms with Crippen molar-refractivity contribution in [2.24, 2.45) is 0 Å². The number of hydrogen-bond donors (Lipinski definition) is 1. The number of carboxylic acid groups (broad SMARTS) is 1. The summed E-state index contributed by atoms with van der Waals surface area (Å²) in [6.07, 6.45) is 5.31. The van der Waals surface area contributed by atoms with Crippen LogP contribution in [0.2, 0.25) is 0 Å². The molecule has 3 aromatic rings. The van der Waals surface area contributed by atoms with Gasteiger partial charge in [0.15, 0.2) is 5.16 Å². The molecule has 0 atom stereocenters. The Bertz CT molecular complexity index is 780. The lowest BCUT2D eigenvalue weighted by Crippen LogP contribution is -2.04. The van der Waals surface area contributed by atoms with Crippen LogP contribution in [0.15, 0.2) is 54.1 Å². The Labute approximate surface area is 125 Å². The highest BCUT2D eigenvalue weighted by Gasteiger charge is 2.09. The highest BCUT2D eigenvalue weighted by atomic mass is 32.2. The van der Waals surface area contributed by atoms with Crippen molar-refractivity contribution >= 4 is 28.6 Å². The third-order valence-electron chi connectivity index (χ3n) is 3.06. The van der Waals surface area contributed by atoms with Crippen LogP contribution in [0.1, 0.15) is 5.56 Å². The monoisotopic (exact) mass is 299 g/mol. The molecule has 2 aromatic heterocycles. The van der Waals surface area contributed by atoms with Crippen LogP contribution in [-0.4, -0.2) is 31.4 Å². The van der Waals surface area contributed by atoms with Crippen LogP contribution >= 0.6 is 11.8 Å². The number of imidazole rings is 1. The average Bonchev–Trinajstić information content (AvgIpc) is 2.93. The highest BCUT2D eigenvalue weighted by Crippen LogP contribution is 2.20. The maximum absolute atomic E-state index is 10.7. The molecule has 6 heteroatoms. The summed E-state index contributed by atoms with van der Waals surface area (Å²) < 4.78 is 1.94. The van der Waals surface area contributed by atoms with E-state index >= 15 is 0 Å². The SMILES string of the molecule is O=C(O)CSc1nccn1Cc1cccc2cccnc12. The topological polar surface area (TPSA) is 68.0 Å². The van der Waals surface area contributed by atoms with E-state index in [-0.39, 0.29) is 5.75 Å². The number of carboxylic acids is 1. The van der Waals surface area contributed by atoms with E-state index < -0.39 is 5.97 Å². The first-order chi connectivity index (χ1) is 10.2. The van der Waals surface area contributed by atoms with Gasteiger partial charge in [-0.25, -0.2) is 4.98 Å². The molecular formula is C15H13N3O2S. The molecule has 5 nitrogen and oxygen atoms in total. The lowest BCUT2D eigenvalue weighted by atomic mass is 10.1. The van der Waals surface area contributed by atoms with E-state index in [0.29, 0.717) is 11.7 Å². The zero-order chi connectivity index (χ0) is 14.7. The number of fused-ring (bicyclic) bond motifs is 1. The Kier molecular flexibility index (Phi) is 3.87. The van der Waals surface area contributed by atoms with Gasteiger partial charge in [0.05, 0.1) is 17.8 Å². The van der Waals surface area contributed by atoms with Crippen molar-refractivity contribution in [1.82, 2.24) is 14.5 Å². The second-order valence-corrected chi connectivity index (χ2v) is 5.45. The summed E-state index contributed by atoms with van der Waals surface area (Å²) in [5.74, 6) is -0.841. The van der Waals surface area contributed by atoms with Gasteiger partial charge in [-0.1, -0.05) is 36.0 Å². The fraction of sp³-hybridized carbons (Fsp3) is 0.133. The quantitative estimate of drug-likeness (QED) is 0.734. The van der Waals surface area contributed by atoms with Gasteiger partial charge in [-0.15, -0.1) is 0 Å². The van der Waals surface area contributed by atoms with E-state index in [1.165, 1.54) is 11.8 Å². The number of pyridine rings is 1. The van der Waals surface area contributed by atoms with Crippen molar-refractivity contribution in [2.45, 2.75) is 11.7 Å². The summed E-state index contributed by atoms with van der Waals surface area (Å²) >= 11 is 1.22. The maximum atomic E-state index is 10.7. The lowest BCUT2D eigenvalue weighted by Gasteiger charge is -2.09. The Morgan fingerprint density at radius 1 is 1.19 bits per heavy atom. The van der Waals surface area contributed by atoms with E-state index in [1.807, 2.05) is 41.1 Å². The number of thioether (sulfide) groups is 1. The van der Waals surface area contributed by atoms with Gasteiger partial charge >= 0.3 is 5.97 Å². The molecule has 0 saturated heterocycles. The number of rotatable bonds is 5. The fourth-order valence-electron chi connectivity index (χ4n) is 2.16. The van der Waals surface area contributed by atoms with Crippen LogP contribution in [-0.2, 0) is 11.3 Å². The summed E-state index contributed by atoms with van der Waals surface area (Å²) in [6.45, 7) is 0.621. The molecule has 1 aromatic carbocycles. The van der Waals surface area contributed by atoms with Crippen LogP contribution in [0, 0.1) is 0 Å². The first-order valence-corrected chi connectivity index (χ1v) is 7.41. The number of nitrogens with zero attached hydrogens (tertiary/aromatic N) is 3. The standard InChI is InChI=1S/C15H13N3O2S/c19-13(20)10-21-15-17-7-8-18(15)9-12-4-1-3-11-5-2-6-16-14(11)12/h1-8H,9-10H2,(H,19,20). The molecule has 0 aliphatic heterocycles. The van der Waals surface area contributed by atoms with Crippen molar-refractivity contribution in [1.29, 1.82) is 0 Å². The summed E-state index contributed by atoms with van der Waals surface area (Å²) in [5, 5.41) is 10.6. The Hall–Kier alpha value is -2.34. The molecular weight excluding hydrogens is 286 g/mol. The molecule has 0 bridgehead atoms. The molecule has 21 heavy (non-hydrogen) atoms. The molecule has 3 rings (SSSR count). The Morgan fingerprint density at radius 2 is 2.05 bits per heavy atom. The zero-order valence-corrected chi connectivity index (χ0v) is 12.0. The van der Waals surface area contributed by atoms with Gasteiger partial charge in [0.2, 0.25) is 0 Å². The number of benzene rings is 1. The van der Waals surface area contributed by atoms with Crippen molar-refractivity contribution in [2.75, 3.05) is 5.75 Å². The molecule has 106 valence electrons. The van der Waals surface area contributed by atoms with Gasteiger partial charge in [-0.05, 0) is 11.6 Å². The van der Waals surface area contributed by atoms with Crippen molar-refractivity contribution in [3.05, 3.63) is 54.5 Å². The van der Waals surface area contributed by atoms with Crippen molar-refractivity contribution in [3.8, 4) is 0 Å². The molecule has 0 amide bonds. The predicted molar refractivity (Wildman–Crippen MR) is 81.4 cm³/mol. The lowest BCUT2D eigenvalue weighted by molar-refractivity contribution is -0.133. The second-order valence-electron chi connectivity index (χ2n) is 4.51. The third-order valence-corrected chi connectivity index (χ3v) is 4.05. The summed E-state index contributed by atoms with van der Waals surface area (Å²) in [4.78, 5) is 19.3. The number of hydrogen-bond acceptors (Lipinski definition) is 4. The van der Waals surface area contributed by atoms with Gasteiger partial charge in [-0.2, -0.15) is 0 Å². The average molecular weight is 299 g/mol. The molecule has 0 spiro atoms. The van der Waals surface area contributed by atoms with Crippen LogP contribution in [0.25, 0.3) is 10.9 Å². The van der Waals surface area contributed by atoms with Crippen LogP contribution in [0.3, 0.4) is 0 Å². The normalized spacial score (nSPS) is 10.9. The maximum Gasteiger partial charge on any atom is 0.313 e. The molecule has 2 heterocycles.